The van der Waals surface area contributed by atoms with Crippen molar-refractivity contribution in [3.05, 3.63) is 60.3 Å². The first-order valence-electron chi connectivity index (χ1n) is 6.21. The van der Waals surface area contributed by atoms with E-state index in [9.17, 15) is 4.79 Å². The molecule has 0 aliphatic carbocycles. The Hall–Kier alpha value is -2.27. The smallest absolute Gasteiger partial charge is 0.272 e. The summed E-state index contributed by atoms with van der Waals surface area (Å²) in [5.74, 6) is 0.183. The van der Waals surface area contributed by atoms with Crippen molar-refractivity contribution >= 4 is 29.1 Å². The van der Waals surface area contributed by atoms with E-state index in [4.69, 9.17) is 17.0 Å². The molecular weight excluding hydrogens is 272 g/mol. The van der Waals surface area contributed by atoms with Crippen LogP contribution in [0.4, 0.5) is 5.82 Å². The first-order valence-corrected chi connectivity index (χ1v) is 6.62. The number of rotatable bonds is 3. The normalized spacial score (nSPS) is 9.85. The summed E-state index contributed by atoms with van der Waals surface area (Å²) in [6.45, 7) is 2.21. The molecule has 0 spiro atoms. The molecule has 4 nitrogen and oxygen atoms in total. The number of amides is 1. The van der Waals surface area contributed by atoms with Crippen molar-refractivity contribution in [3.63, 3.8) is 0 Å². The number of hydrogen-bond acceptors (Lipinski definition) is 4. The van der Waals surface area contributed by atoms with Gasteiger partial charge in [-0.25, -0.2) is 9.88 Å². The van der Waals surface area contributed by atoms with E-state index in [0.29, 0.717) is 18.0 Å². The molecule has 0 radical (unpaired) electrons. The standard InChI is InChI=1S/C15H14N2O2S/c1-2-19-15(20)17(13-10-6-7-11-16-13)14(18)12-8-4-3-5-9-12/h3-11H,2H2,1H3. The third-order valence-electron chi connectivity index (χ3n) is 2.55. The maximum Gasteiger partial charge on any atom is 0.272 e. The number of ether oxygens (including phenoxy) is 1. The second-order valence-corrected chi connectivity index (χ2v) is 4.24. The molecule has 5 heteroatoms. The molecule has 0 saturated heterocycles. The van der Waals surface area contributed by atoms with Gasteiger partial charge in [0.2, 0.25) is 0 Å². The summed E-state index contributed by atoms with van der Waals surface area (Å²) < 4.78 is 5.30. The van der Waals surface area contributed by atoms with Gasteiger partial charge in [0.25, 0.3) is 11.1 Å². The number of benzene rings is 1. The molecule has 1 amide bonds. The van der Waals surface area contributed by atoms with Gasteiger partial charge >= 0.3 is 0 Å². The van der Waals surface area contributed by atoms with E-state index in [1.54, 1.807) is 48.7 Å². The third-order valence-corrected chi connectivity index (χ3v) is 2.85. The van der Waals surface area contributed by atoms with E-state index < -0.39 is 0 Å². The molecule has 0 aliphatic heterocycles. The molecule has 0 atom stereocenters. The van der Waals surface area contributed by atoms with Crippen LogP contribution in [0.3, 0.4) is 0 Å². The molecule has 1 aromatic carbocycles. The van der Waals surface area contributed by atoms with Gasteiger partial charge in [-0.2, -0.15) is 0 Å². The van der Waals surface area contributed by atoms with Gasteiger partial charge in [-0.15, -0.1) is 0 Å². The fourth-order valence-electron chi connectivity index (χ4n) is 1.66. The first-order chi connectivity index (χ1) is 9.74. The minimum absolute atomic E-state index is 0.0973. The largest absolute Gasteiger partial charge is 0.471 e. The number of carbonyl (C=O) groups is 1. The number of carbonyl (C=O) groups excluding carboxylic acids is 1. The summed E-state index contributed by atoms with van der Waals surface area (Å²) >= 11 is 5.18. The van der Waals surface area contributed by atoms with Crippen molar-refractivity contribution in [1.82, 2.24) is 4.98 Å². The molecule has 0 bridgehead atoms. The lowest BCUT2D eigenvalue weighted by Crippen LogP contribution is -2.37. The fourth-order valence-corrected chi connectivity index (χ4v) is 1.96. The third kappa shape index (κ3) is 3.19. The zero-order chi connectivity index (χ0) is 14.4. The van der Waals surface area contributed by atoms with Gasteiger partial charge in [-0.1, -0.05) is 24.3 Å². The lowest BCUT2D eigenvalue weighted by Gasteiger charge is -2.21. The first kappa shape index (κ1) is 14.1. The molecule has 0 unspecified atom stereocenters. The Kier molecular flexibility index (Phi) is 4.79. The molecule has 0 aliphatic rings. The highest BCUT2D eigenvalue weighted by molar-refractivity contribution is 7.80. The maximum absolute atomic E-state index is 12.6. The Balaban J connectivity index is 2.37. The van der Waals surface area contributed by atoms with Gasteiger partial charge in [0.15, 0.2) is 0 Å². The molecule has 102 valence electrons. The van der Waals surface area contributed by atoms with Crippen LogP contribution in [0.2, 0.25) is 0 Å². The van der Waals surface area contributed by atoms with Crippen LogP contribution in [-0.4, -0.2) is 22.7 Å². The van der Waals surface area contributed by atoms with Gasteiger partial charge in [0.05, 0.1) is 6.61 Å². The van der Waals surface area contributed by atoms with E-state index in [-0.39, 0.29) is 11.1 Å². The summed E-state index contributed by atoms with van der Waals surface area (Å²) in [6.07, 6.45) is 1.61. The lowest BCUT2D eigenvalue weighted by atomic mass is 10.2. The van der Waals surface area contributed by atoms with Gasteiger partial charge < -0.3 is 4.74 Å². The highest BCUT2D eigenvalue weighted by atomic mass is 32.1. The predicted octanol–water partition coefficient (Wildman–Crippen LogP) is 3.05. The minimum atomic E-state index is -0.261. The van der Waals surface area contributed by atoms with E-state index in [2.05, 4.69) is 4.98 Å². The van der Waals surface area contributed by atoms with Crippen LogP contribution in [0.1, 0.15) is 17.3 Å². The number of hydrogen-bond donors (Lipinski definition) is 0. The quantitative estimate of drug-likeness (QED) is 0.813. The second-order valence-electron chi connectivity index (χ2n) is 3.89. The van der Waals surface area contributed by atoms with Gasteiger partial charge in [-0.3, -0.25) is 4.79 Å². The van der Waals surface area contributed by atoms with Crippen molar-refractivity contribution in [2.24, 2.45) is 0 Å². The van der Waals surface area contributed by atoms with Crippen LogP contribution < -0.4 is 4.90 Å². The lowest BCUT2D eigenvalue weighted by molar-refractivity contribution is 0.0996. The fraction of sp³-hybridized carbons (Fsp3) is 0.133. The Morgan fingerprint density at radius 2 is 1.90 bits per heavy atom. The Morgan fingerprint density at radius 3 is 2.50 bits per heavy atom. The van der Waals surface area contributed by atoms with Gasteiger partial charge in [0.1, 0.15) is 5.82 Å². The molecule has 1 aromatic heterocycles. The molecule has 1 heterocycles. The maximum atomic E-state index is 12.6. The highest BCUT2D eigenvalue weighted by Gasteiger charge is 2.23. The molecule has 0 fully saturated rings. The van der Waals surface area contributed by atoms with Crippen LogP contribution in [-0.2, 0) is 4.74 Å². The number of pyridine rings is 1. The predicted molar refractivity (Wildman–Crippen MR) is 81.7 cm³/mol. The minimum Gasteiger partial charge on any atom is -0.471 e. The SMILES string of the molecule is CCOC(=S)N(C(=O)c1ccccc1)c1ccccn1. The van der Waals surface area contributed by atoms with E-state index in [1.165, 1.54) is 4.90 Å². The van der Waals surface area contributed by atoms with E-state index in [0.717, 1.165) is 0 Å². The summed E-state index contributed by atoms with van der Waals surface area (Å²) in [7, 11) is 0. The molecule has 0 saturated carbocycles. The average molecular weight is 286 g/mol. The van der Waals surface area contributed by atoms with Crippen LogP contribution in [0.15, 0.2) is 54.7 Å². The van der Waals surface area contributed by atoms with E-state index >= 15 is 0 Å². The van der Waals surface area contributed by atoms with Gasteiger partial charge in [-0.05, 0) is 43.4 Å². The Labute approximate surface area is 123 Å². The Bertz CT molecular complexity index is 587. The molecule has 2 rings (SSSR count). The summed E-state index contributed by atoms with van der Waals surface area (Å²) in [5, 5.41) is 0.0973. The van der Waals surface area contributed by atoms with Crippen LogP contribution >= 0.6 is 12.2 Å². The summed E-state index contributed by atoms with van der Waals surface area (Å²) in [5.41, 5.74) is 0.528. The van der Waals surface area contributed by atoms with Crippen molar-refractivity contribution in [3.8, 4) is 0 Å². The van der Waals surface area contributed by atoms with E-state index in [1.807, 2.05) is 13.0 Å². The average Bonchev–Trinajstić information content (AvgIpc) is 2.50. The van der Waals surface area contributed by atoms with Crippen molar-refractivity contribution in [1.29, 1.82) is 0 Å². The Morgan fingerprint density at radius 1 is 1.20 bits per heavy atom. The second kappa shape index (κ2) is 6.77. The monoisotopic (exact) mass is 286 g/mol. The van der Waals surface area contributed by atoms with Crippen LogP contribution in [0.25, 0.3) is 0 Å². The molecular formula is C15H14N2O2S. The highest BCUT2D eigenvalue weighted by Crippen LogP contribution is 2.15. The zero-order valence-corrected chi connectivity index (χ0v) is 11.8. The molecule has 0 N–H and O–H groups in total. The van der Waals surface area contributed by atoms with Gasteiger partial charge in [0, 0.05) is 11.8 Å². The van der Waals surface area contributed by atoms with Crippen molar-refractivity contribution < 1.29 is 9.53 Å². The summed E-state index contributed by atoms with van der Waals surface area (Å²) in [4.78, 5) is 18.0. The topological polar surface area (TPSA) is 42.4 Å². The van der Waals surface area contributed by atoms with Crippen LogP contribution in [0.5, 0.6) is 0 Å². The number of anilines is 1. The number of aromatic nitrogens is 1. The summed E-state index contributed by atoms with van der Waals surface area (Å²) in [6, 6.07) is 14.2. The number of thiocarbonyl (C=S) groups is 1. The van der Waals surface area contributed by atoms with Crippen LogP contribution in [0, 0.1) is 0 Å². The number of nitrogens with zero attached hydrogens (tertiary/aromatic N) is 2. The molecule has 2 aromatic rings. The zero-order valence-electron chi connectivity index (χ0n) is 11.0. The van der Waals surface area contributed by atoms with Crippen molar-refractivity contribution in [2.45, 2.75) is 6.92 Å². The molecule has 20 heavy (non-hydrogen) atoms. The van der Waals surface area contributed by atoms with Crippen molar-refractivity contribution in [2.75, 3.05) is 11.5 Å².